The fraction of sp³-hybridized carbons (Fsp3) is 1.00. The highest BCUT2D eigenvalue weighted by molar-refractivity contribution is 5.04. The third-order valence-corrected chi connectivity index (χ3v) is 4.48. The first-order valence-electron chi connectivity index (χ1n) is 5.12. The van der Waals surface area contributed by atoms with Gasteiger partial charge in [-0.2, -0.15) is 0 Å². The van der Waals surface area contributed by atoms with Crippen LogP contribution in [0, 0.1) is 23.7 Å². The van der Waals surface area contributed by atoms with Gasteiger partial charge in [0.1, 0.15) is 0 Å². The first kappa shape index (κ1) is 6.47. The molecular weight excluding hydrogens is 134 g/mol. The molecule has 0 amide bonds. The molecule has 0 spiro atoms. The Morgan fingerprint density at radius 1 is 0.909 bits per heavy atom. The van der Waals surface area contributed by atoms with E-state index in [2.05, 4.69) is 0 Å². The first-order chi connectivity index (χ1) is 5.36. The molecule has 11 heavy (non-hydrogen) atoms. The molecule has 3 fully saturated rings. The van der Waals surface area contributed by atoms with Gasteiger partial charge in [-0.25, -0.2) is 0 Å². The second-order valence-corrected chi connectivity index (χ2v) is 4.82. The molecule has 62 valence electrons. The third kappa shape index (κ3) is 0.703. The van der Waals surface area contributed by atoms with Gasteiger partial charge in [0, 0.05) is 6.04 Å². The fourth-order valence-corrected chi connectivity index (χ4v) is 4.12. The zero-order valence-electron chi connectivity index (χ0n) is 7.00. The Hall–Kier alpha value is -0.0400. The van der Waals surface area contributed by atoms with E-state index in [0.29, 0.717) is 6.04 Å². The standard InChI is InChI=1S/C10H17N/c11-10-5-6-4-9(10)8-3-1-2-7(6)8/h6-10H,1-5,11H2/t6-,7-,8+,9+,10+/m0/s1. The van der Waals surface area contributed by atoms with Crippen molar-refractivity contribution < 1.29 is 0 Å². The SMILES string of the molecule is N[C@@H]1C[C@@H]2C[C@@H]1[C@@H]1CCC[C@@H]21. The summed E-state index contributed by atoms with van der Waals surface area (Å²) in [6, 6.07) is 0.583. The van der Waals surface area contributed by atoms with E-state index in [1.54, 1.807) is 0 Å². The second-order valence-electron chi connectivity index (χ2n) is 4.82. The van der Waals surface area contributed by atoms with E-state index in [1.807, 2.05) is 0 Å². The van der Waals surface area contributed by atoms with Crippen molar-refractivity contribution in [2.75, 3.05) is 0 Å². The molecule has 3 aliphatic carbocycles. The quantitative estimate of drug-likeness (QED) is 0.561. The third-order valence-electron chi connectivity index (χ3n) is 4.48. The summed E-state index contributed by atoms with van der Waals surface area (Å²) < 4.78 is 0. The molecular formula is C10H17N. The van der Waals surface area contributed by atoms with Gasteiger partial charge in [-0.05, 0) is 49.4 Å². The lowest BCUT2D eigenvalue weighted by atomic mass is 9.79. The lowest BCUT2D eigenvalue weighted by Gasteiger charge is -2.28. The van der Waals surface area contributed by atoms with E-state index in [-0.39, 0.29) is 0 Å². The topological polar surface area (TPSA) is 26.0 Å². The van der Waals surface area contributed by atoms with Gasteiger partial charge >= 0.3 is 0 Å². The number of fused-ring (bicyclic) bond motifs is 5. The molecule has 0 heterocycles. The van der Waals surface area contributed by atoms with Crippen LogP contribution in [-0.4, -0.2) is 6.04 Å². The Morgan fingerprint density at radius 3 is 2.64 bits per heavy atom. The van der Waals surface area contributed by atoms with Crippen molar-refractivity contribution in [3.63, 3.8) is 0 Å². The monoisotopic (exact) mass is 151 g/mol. The minimum absolute atomic E-state index is 0.583. The lowest BCUT2D eigenvalue weighted by molar-refractivity contribution is 0.234. The number of hydrogen-bond donors (Lipinski definition) is 1. The van der Waals surface area contributed by atoms with Crippen molar-refractivity contribution in [2.45, 2.75) is 38.1 Å². The van der Waals surface area contributed by atoms with E-state index in [9.17, 15) is 0 Å². The molecule has 2 bridgehead atoms. The van der Waals surface area contributed by atoms with Crippen LogP contribution < -0.4 is 5.73 Å². The highest BCUT2D eigenvalue weighted by Crippen LogP contribution is 2.58. The molecule has 5 atom stereocenters. The number of nitrogens with two attached hydrogens (primary N) is 1. The molecule has 1 nitrogen and oxygen atoms in total. The summed E-state index contributed by atoms with van der Waals surface area (Å²) in [5.41, 5.74) is 6.08. The van der Waals surface area contributed by atoms with Gasteiger partial charge in [-0.1, -0.05) is 6.42 Å². The van der Waals surface area contributed by atoms with Crippen LogP contribution in [0.3, 0.4) is 0 Å². The highest BCUT2D eigenvalue weighted by Gasteiger charge is 2.52. The van der Waals surface area contributed by atoms with Gasteiger partial charge in [0.05, 0.1) is 0 Å². The van der Waals surface area contributed by atoms with Gasteiger partial charge in [-0.15, -0.1) is 0 Å². The van der Waals surface area contributed by atoms with Crippen LogP contribution in [0.5, 0.6) is 0 Å². The Balaban J connectivity index is 1.90. The van der Waals surface area contributed by atoms with Gasteiger partial charge in [0.2, 0.25) is 0 Å². The van der Waals surface area contributed by atoms with Gasteiger partial charge in [0.15, 0.2) is 0 Å². The zero-order valence-corrected chi connectivity index (χ0v) is 7.00. The second kappa shape index (κ2) is 2.01. The fourth-order valence-electron chi connectivity index (χ4n) is 4.12. The van der Waals surface area contributed by atoms with Crippen LogP contribution in [0.4, 0.5) is 0 Å². The number of hydrogen-bond acceptors (Lipinski definition) is 1. The maximum Gasteiger partial charge on any atom is 0.00727 e. The molecule has 0 saturated heterocycles. The van der Waals surface area contributed by atoms with Crippen molar-refractivity contribution >= 4 is 0 Å². The van der Waals surface area contributed by atoms with Gasteiger partial charge in [0.25, 0.3) is 0 Å². The smallest absolute Gasteiger partial charge is 0.00727 e. The molecule has 0 radical (unpaired) electrons. The van der Waals surface area contributed by atoms with Crippen molar-refractivity contribution in [1.82, 2.24) is 0 Å². The predicted octanol–water partition coefficient (Wildman–Crippen LogP) is 1.77. The summed E-state index contributed by atoms with van der Waals surface area (Å²) >= 11 is 0. The van der Waals surface area contributed by atoms with Gasteiger partial charge < -0.3 is 5.73 Å². The van der Waals surface area contributed by atoms with Crippen molar-refractivity contribution in [3.05, 3.63) is 0 Å². The summed E-state index contributed by atoms with van der Waals surface area (Å²) in [5.74, 6) is 4.15. The molecule has 1 heteroatoms. The van der Waals surface area contributed by atoms with E-state index in [1.165, 1.54) is 32.1 Å². The summed E-state index contributed by atoms with van der Waals surface area (Å²) in [6.07, 6.45) is 7.36. The summed E-state index contributed by atoms with van der Waals surface area (Å²) in [7, 11) is 0. The summed E-state index contributed by atoms with van der Waals surface area (Å²) in [6.45, 7) is 0. The average molecular weight is 151 g/mol. The summed E-state index contributed by atoms with van der Waals surface area (Å²) in [4.78, 5) is 0. The molecule has 2 N–H and O–H groups in total. The molecule has 0 unspecified atom stereocenters. The van der Waals surface area contributed by atoms with Crippen LogP contribution in [0.2, 0.25) is 0 Å². The first-order valence-corrected chi connectivity index (χ1v) is 5.12. The average Bonchev–Trinajstić information content (AvgIpc) is 2.52. The van der Waals surface area contributed by atoms with Crippen LogP contribution in [0.15, 0.2) is 0 Å². The molecule has 0 aromatic carbocycles. The molecule has 0 aliphatic heterocycles. The normalized spacial score (nSPS) is 60.3. The van der Waals surface area contributed by atoms with Crippen LogP contribution >= 0.6 is 0 Å². The molecule has 0 aromatic rings. The van der Waals surface area contributed by atoms with Crippen LogP contribution in [0.1, 0.15) is 32.1 Å². The Bertz CT molecular complexity index is 178. The molecule has 3 saturated carbocycles. The van der Waals surface area contributed by atoms with Crippen LogP contribution in [-0.2, 0) is 0 Å². The Labute approximate surface area is 68.3 Å². The van der Waals surface area contributed by atoms with Crippen molar-refractivity contribution in [2.24, 2.45) is 29.4 Å². The zero-order chi connectivity index (χ0) is 7.42. The molecule has 0 aromatic heterocycles. The Kier molecular flexibility index (Phi) is 1.18. The minimum atomic E-state index is 0.583. The highest BCUT2D eigenvalue weighted by atomic mass is 14.7. The maximum atomic E-state index is 6.08. The van der Waals surface area contributed by atoms with Crippen molar-refractivity contribution in [3.8, 4) is 0 Å². The van der Waals surface area contributed by atoms with E-state index in [0.717, 1.165) is 23.7 Å². The lowest BCUT2D eigenvalue weighted by Crippen LogP contribution is -2.34. The van der Waals surface area contributed by atoms with E-state index in [4.69, 9.17) is 5.73 Å². The number of rotatable bonds is 0. The molecule has 3 rings (SSSR count). The Morgan fingerprint density at radius 2 is 1.73 bits per heavy atom. The van der Waals surface area contributed by atoms with E-state index >= 15 is 0 Å². The van der Waals surface area contributed by atoms with E-state index < -0.39 is 0 Å². The van der Waals surface area contributed by atoms with Gasteiger partial charge in [-0.3, -0.25) is 0 Å². The molecule has 3 aliphatic rings. The maximum absolute atomic E-state index is 6.08. The van der Waals surface area contributed by atoms with Crippen LogP contribution in [0.25, 0.3) is 0 Å². The summed E-state index contributed by atoms with van der Waals surface area (Å²) in [5, 5.41) is 0. The predicted molar refractivity (Wildman–Crippen MR) is 45.0 cm³/mol. The van der Waals surface area contributed by atoms with Crippen molar-refractivity contribution in [1.29, 1.82) is 0 Å². The minimum Gasteiger partial charge on any atom is -0.327 e. The largest absolute Gasteiger partial charge is 0.327 e.